The van der Waals surface area contributed by atoms with Gasteiger partial charge in [0.2, 0.25) is 0 Å². The standard InChI is InChI=1S/C16H16N3OS2/c20-22(16-18-13-5-1-2-6-14(13)19-16)10-12-8-11-4-3-7-21-15(11)9-17-12/h1-2,5-6,8-9,21H,3-4,7,10H2,(H,18,19). The number of rotatable bonds is 3. The molecule has 1 unspecified atom stereocenters. The van der Waals surface area contributed by atoms with Gasteiger partial charge in [0, 0.05) is 22.3 Å². The van der Waals surface area contributed by atoms with Crippen LogP contribution in [0.2, 0.25) is 0 Å². The molecule has 0 saturated carbocycles. The number of aryl methyl sites for hydroxylation is 1. The number of imidazole rings is 1. The smallest absolute Gasteiger partial charge is 0.322 e. The predicted molar refractivity (Wildman–Crippen MR) is 90.9 cm³/mol. The van der Waals surface area contributed by atoms with E-state index in [-0.39, 0.29) is 0 Å². The number of hydrogen-bond donors (Lipinski definition) is 2. The molecular formula is C16H16N3OS2. The molecule has 1 aromatic carbocycles. The molecule has 1 aliphatic rings. The quantitative estimate of drug-likeness (QED) is 0.573. The van der Waals surface area contributed by atoms with Crippen LogP contribution in [0.25, 0.3) is 11.0 Å². The number of fused-ring (bicyclic) bond motifs is 2. The first kappa shape index (κ1) is 14.1. The first-order valence-corrected chi connectivity index (χ1v) is 9.68. The number of aromatic amines is 1. The third-order valence-electron chi connectivity index (χ3n) is 3.77. The van der Waals surface area contributed by atoms with E-state index >= 15 is 0 Å². The fourth-order valence-corrected chi connectivity index (χ4v) is 4.73. The first-order valence-electron chi connectivity index (χ1n) is 7.28. The molecule has 0 saturated heterocycles. The highest BCUT2D eigenvalue weighted by Crippen LogP contribution is 2.30. The highest BCUT2D eigenvalue weighted by molar-refractivity contribution is 7.99. The number of benzene rings is 1. The molecule has 1 radical (unpaired) electrons. The highest BCUT2D eigenvalue weighted by Gasteiger charge is 2.19. The van der Waals surface area contributed by atoms with Gasteiger partial charge in [-0.2, -0.15) is 16.7 Å². The van der Waals surface area contributed by atoms with E-state index in [4.69, 9.17) is 0 Å². The molecule has 1 atom stereocenters. The second-order valence-corrected chi connectivity index (χ2v) is 7.95. The minimum Gasteiger partial charge on any atom is -0.609 e. The zero-order valence-corrected chi connectivity index (χ0v) is 13.7. The van der Waals surface area contributed by atoms with Crippen LogP contribution in [0.1, 0.15) is 17.7 Å². The van der Waals surface area contributed by atoms with Gasteiger partial charge in [0.1, 0.15) is 0 Å². The summed E-state index contributed by atoms with van der Waals surface area (Å²) < 4.78 is 12.5. The van der Waals surface area contributed by atoms with Crippen molar-refractivity contribution in [2.75, 3.05) is 5.75 Å². The molecule has 1 N–H and O–H groups in total. The molecule has 1 aliphatic heterocycles. The summed E-state index contributed by atoms with van der Waals surface area (Å²) in [6.07, 6.45) is 4.28. The Morgan fingerprint density at radius 2 is 2.23 bits per heavy atom. The maximum absolute atomic E-state index is 12.5. The normalized spacial score (nSPS) is 15.7. The molecule has 0 spiro atoms. The Balaban J connectivity index is 1.57. The van der Waals surface area contributed by atoms with Gasteiger partial charge in [0.15, 0.2) is 5.75 Å². The Morgan fingerprint density at radius 1 is 1.32 bits per heavy atom. The third kappa shape index (κ3) is 2.74. The number of aromatic nitrogens is 3. The minimum absolute atomic E-state index is 0.407. The van der Waals surface area contributed by atoms with Crippen molar-refractivity contribution in [2.45, 2.75) is 28.6 Å². The second kappa shape index (κ2) is 5.95. The van der Waals surface area contributed by atoms with Crippen molar-refractivity contribution in [3.63, 3.8) is 0 Å². The summed E-state index contributed by atoms with van der Waals surface area (Å²) in [5.74, 6) is 1.63. The molecule has 4 nitrogen and oxygen atoms in total. The van der Waals surface area contributed by atoms with Crippen LogP contribution in [-0.2, 0) is 23.3 Å². The van der Waals surface area contributed by atoms with E-state index in [1.54, 1.807) is 0 Å². The van der Waals surface area contributed by atoms with Gasteiger partial charge in [-0.1, -0.05) is 12.1 Å². The van der Waals surface area contributed by atoms with Gasteiger partial charge in [-0.15, -0.1) is 0 Å². The summed E-state index contributed by atoms with van der Waals surface area (Å²) in [6, 6.07) is 9.85. The van der Waals surface area contributed by atoms with Crippen molar-refractivity contribution >= 4 is 34.0 Å². The van der Waals surface area contributed by atoms with Gasteiger partial charge in [0.25, 0.3) is 0 Å². The number of nitrogens with zero attached hydrogens (tertiary/aromatic N) is 2. The van der Waals surface area contributed by atoms with Crippen LogP contribution in [0.4, 0.5) is 0 Å². The van der Waals surface area contributed by atoms with Crippen LogP contribution in [0, 0.1) is 0 Å². The molecule has 0 aliphatic carbocycles. The third-order valence-corrected chi connectivity index (χ3v) is 6.24. The Morgan fingerprint density at radius 3 is 3.14 bits per heavy atom. The number of H-pyrrole nitrogens is 1. The Bertz CT molecular complexity index is 785. The molecule has 22 heavy (non-hydrogen) atoms. The maximum atomic E-state index is 12.5. The van der Waals surface area contributed by atoms with Crippen molar-refractivity contribution in [2.24, 2.45) is 0 Å². The van der Waals surface area contributed by atoms with E-state index in [1.807, 2.05) is 30.5 Å². The fraction of sp³-hybridized carbons (Fsp3) is 0.250. The molecule has 4 rings (SSSR count). The number of nitrogens with one attached hydrogen (secondary N) is 1. The lowest BCUT2D eigenvalue weighted by atomic mass is 10.1. The van der Waals surface area contributed by atoms with Crippen molar-refractivity contribution in [3.8, 4) is 0 Å². The van der Waals surface area contributed by atoms with E-state index in [9.17, 15) is 4.55 Å². The molecule has 0 bridgehead atoms. The van der Waals surface area contributed by atoms with Gasteiger partial charge in [-0.3, -0.25) is 9.97 Å². The average Bonchev–Trinajstić information content (AvgIpc) is 2.99. The summed E-state index contributed by atoms with van der Waals surface area (Å²) in [6.45, 7) is 0. The molecule has 2 aromatic heterocycles. The van der Waals surface area contributed by atoms with Crippen molar-refractivity contribution in [3.05, 3.63) is 47.8 Å². The largest absolute Gasteiger partial charge is 0.609 e. The lowest BCUT2D eigenvalue weighted by Gasteiger charge is -2.16. The van der Waals surface area contributed by atoms with Crippen LogP contribution in [-0.4, -0.2) is 25.3 Å². The monoisotopic (exact) mass is 330 g/mol. The van der Waals surface area contributed by atoms with Gasteiger partial charge in [0.05, 0.1) is 16.7 Å². The molecule has 3 aromatic rings. The zero-order valence-electron chi connectivity index (χ0n) is 12.0. The fourth-order valence-electron chi connectivity index (χ4n) is 2.67. The van der Waals surface area contributed by atoms with Crippen molar-refractivity contribution < 1.29 is 4.55 Å². The summed E-state index contributed by atoms with van der Waals surface area (Å²) in [7, 11) is 0. The number of thiol groups is 1. The lowest BCUT2D eigenvalue weighted by molar-refractivity contribution is 0.586. The molecular weight excluding hydrogens is 314 g/mol. The van der Waals surface area contributed by atoms with E-state index in [2.05, 4.69) is 21.0 Å². The van der Waals surface area contributed by atoms with E-state index in [1.165, 1.54) is 34.4 Å². The Kier molecular flexibility index (Phi) is 3.82. The van der Waals surface area contributed by atoms with Crippen molar-refractivity contribution in [1.82, 2.24) is 15.0 Å². The van der Waals surface area contributed by atoms with Crippen LogP contribution in [0.3, 0.4) is 0 Å². The SMILES string of the molecule is [O-][S+](Cc1cc2c(cn1)[SH]CCC2)c1nc2ccccc2[nH]1. The molecule has 0 amide bonds. The summed E-state index contributed by atoms with van der Waals surface area (Å²) in [5.41, 5.74) is 4.01. The van der Waals surface area contributed by atoms with Crippen molar-refractivity contribution in [1.29, 1.82) is 0 Å². The van der Waals surface area contributed by atoms with Crippen LogP contribution >= 0.6 is 11.8 Å². The summed E-state index contributed by atoms with van der Waals surface area (Å²) >= 11 is 0.167. The molecule has 3 heterocycles. The highest BCUT2D eigenvalue weighted by atomic mass is 32.2. The van der Waals surface area contributed by atoms with E-state index in [0.29, 0.717) is 10.9 Å². The second-order valence-electron chi connectivity index (χ2n) is 5.34. The summed E-state index contributed by atoms with van der Waals surface area (Å²) in [4.78, 5) is 13.3. The van der Waals surface area contributed by atoms with Gasteiger partial charge in [-0.05, 0) is 42.4 Å². The molecule has 6 heteroatoms. The van der Waals surface area contributed by atoms with Gasteiger partial charge in [-0.25, -0.2) is 0 Å². The predicted octanol–water partition coefficient (Wildman–Crippen LogP) is 3.04. The van der Waals surface area contributed by atoms with E-state index in [0.717, 1.165) is 23.1 Å². The van der Waals surface area contributed by atoms with Gasteiger partial charge >= 0.3 is 5.16 Å². The lowest BCUT2D eigenvalue weighted by Crippen LogP contribution is -2.09. The van der Waals surface area contributed by atoms with Crippen LogP contribution in [0.5, 0.6) is 0 Å². The number of para-hydroxylation sites is 2. The Hall–Kier alpha value is -1.50. The van der Waals surface area contributed by atoms with Crippen LogP contribution in [0.15, 0.2) is 46.6 Å². The zero-order chi connectivity index (χ0) is 14.9. The number of pyridine rings is 1. The van der Waals surface area contributed by atoms with E-state index < -0.39 is 11.2 Å². The minimum atomic E-state index is -1.20. The summed E-state index contributed by atoms with van der Waals surface area (Å²) in [5, 5.41) is 0.527. The molecule has 0 fully saturated rings. The Labute approximate surface area is 135 Å². The first-order chi connectivity index (χ1) is 10.8. The topological polar surface area (TPSA) is 64.6 Å². The van der Waals surface area contributed by atoms with Gasteiger partial charge < -0.3 is 4.55 Å². The maximum Gasteiger partial charge on any atom is 0.322 e. The average molecular weight is 330 g/mol. The molecule has 113 valence electrons. The number of hydrogen-bond acceptors (Lipinski definition) is 3. The van der Waals surface area contributed by atoms with Crippen LogP contribution < -0.4 is 0 Å².